The van der Waals surface area contributed by atoms with Crippen molar-refractivity contribution in [2.24, 2.45) is 0 Å². The van der Waals surface area contributed by atoms with Crippen LogP contribution < -0.4 is 16.0 Å². The smallest absolute Gasteiger partial charge is 0.258 e. The fraction of sp³-hybridized carbons (Fsp3) is 0.0526. The van der Waals surface area contributed by atoms with Gasteiger partial charge in [-0.25, -0.2) is 18.7 Å². The molecule has 1 heterocycles. The van der Waals surface area contributed by atoms with Crippen LogP contribution in [0, 0.1) is 11.6 Å². The van der Waals surface area contributed by atoms with Gasteiger partial charge >= 0.3 is 0 Å². The van der Waals surface area contributed by atoms with Crippen LogP contribution in [0.15, 0.2) is 54.9 Å². The van der Waals surface area contributed by atoms with Gasteiger partial charge in [-0.3, -0.25) is 9.59 Å². The third kappa shape index (κ3) is 4.85. The Morgan fingerprint density at radius 1 is 0.821 bits per heavy atom. The number of benzene rings is 2. The zero-order valence-electron chi connectivity index (χ0n) is 14.7. The Morgan fingerprint density at radius 3 is 2.04 bits per heavy atom. The maximum atomic E-state index is 13.2. The standard InChI is InChI=1S/C19H15F2N5O2/c1-11(27)24-13-2-4-14(5-3-13)26-19-22-9-12(10-23-19)18(28)25-15-6-7-16(20)17(21)8-15/h2-10H,1H3,(H,24,27)(H,25,28)(H,22,23,26). The molecular weight excluding hydrogens is 368 g/mol. The first-order chi connectivity index (χ1) is 13.4. The third-order valence-corrected chi connectivity index (χ3v) is 3.55. The van der Waals surface area contributed by atoms with Crippen molar-refractivity contribution in [3.05, 3.63) is 72.1 Å². The van der Waals surface area contributed by atoms with Gasteiger partial charge in [-0.1, -0.05) is 0 Å². The Morgan fingerprint density at radius 2 is 1.43 bits per heavy atom. The molecule has 0 aliphatic heterocycles. The molecule has 0 aliphatic carbocycles. The van der Waals surface area contributed by atoms with Gasteiger partial charge in [-0.2, -0.15) is 0 Å². The number of hydrogen-bond acceptors (Lipinski definition) is 5. The molecule has 7 nitrogen and oxygen atoms in total. The highest BCUT2D eigenvalue weighted by molar-refractivity contribution is 6.03. The minimum atomic E-state index is -1.06. The number of carbonyl (C=O) groups is 2. The van der Waals surface area contributed by atoms with Crippen molar-refractivity contribution in [3.63, 3.8) is 0 Å². The predicted octanol–water partition coefficient (Wildman–Crippen LogP) is 3.71. The number of nitrogens with one attached hydrogen (secondary N) is 3. The van der Waals surface area contributed by atoms with Gasteiger partial charge in [-0.05, 0) is 36.4 Å². The summed E-state index contributed by atoms with van der Waals surface area (Å²) in [5.41, 5.74) is 1.61. The lowest BCUT2D eigenvalue weighted by Crippen LogP contribution is -2.13. The lowest BCUT2D eigenvalue weighted by molar-refractivity contribution is -0.114. The van der Waals surface area contributed by atoms with Crippen molar-refractivity contribution in [3.8, 4) is 0 Å². The molecule has 0 atom stereocenters. The first-order valence-electron chi connectivity index (χ1n) is 8.14. The highest BCUT2D eigenvalue weighted by atomic mass is 19.2. The summed E-state index contributed by atoms with van der Waals surface area (Å²) in [5, 5.41) is 8.05. The molecule has 1 aromatic heterocycles. The van der Waals surface area contributed by atoms with E-state index in [1.54, 1.807) is 24.3 Å². The number of aromatic nitrogens is 2. The van der Waals surface area contributed by atoms with Crippen LogP contribution in [0.25, 0.3) is 0 Å². The average Bonchev–Trinajstić information content (AvgIpc) is 2.66. The Balaban J connectivity index is 1.63. The van der Waals surface area contributed by atoms with Gasteiger partial charge < -0.3 is 16.0 Å². The Hall–Kier alpha value is -3.88. The third-order valence-electron chi connectivity index (χ3n) is 3.55. The van der Waals surface area contributed by atoms with Gasteiger partial charge in [0.15, 0.2) is 11.6 Å². The number of amides is 2. The van der Waals surface area contributed by atoms with Crippen LogP contribution in [0.5, 0.6) is 0 Å². The van der Waals surface area contributed by atoms with Crippen LogP contribution in [0.4, 0.5) is 31.8 Å². The van der Waals surface area contributed by atoms with Gasteiger partial charge in [0, 0.05) is 42.4 Å². The molecule has 28 heavy (non-hydrogen) atoms. The van der Waals surface area contributed by atoms with Crippen LogP contribution in [0.3, 0.4) is 0 Å². The van der Waals surface area contributed by atoms with Gasteiger partial charge in [0.05, 0.1) is 5.56 Å². The van der Waals surface area contributed by atoms with Crippen LogP contribution in [-0.2, 0) is 4.79 Å². The highest BCUT2D eigenvalue weighted by Crippen LogP contribution is 2.17. The van der Waals surface area contributed by atoms with Crippen molar-refractivity contribution >= 4 is 34.8 Å². The topological polar surface area (TPSA) is 96.0 Å². The van der Waals surface area contributed by atoms with Crippen LogP contribution >= 0.6 is 0 Å². The van der Waals surface area contributed by atoms with Crippen LogP contribution in [-0.4, -0.2) is 21.8 Å². The molecule has 3 aromatic rings. The van der Waals surface area contributed by atoms with Crippen molar-refractivity contribution < 1.29 is 18.4 Å². The number of nitrogens with zero attached hydrogens (tertiary/aromatic N) is 2. The number of anilines is 4. The SMILES string of the molecule is CC(=O)Nc1ccc(Nc2ncc(C(=O)Nc3ccc(F)c(F)c3)cn2)cc1. The number of hydrogen-bond donors (Lipinski definition) is 3. The first kappa shape index (κ1) is 18.9. The summed E-state index contributed by atoms with van der Waals surface area (Å²) in [6.45, 7) is 1.42. The number of rotatable bonds is 5. The monoisotopic (exact) mass is 383 g/mol. The molecular formula is C19H15F2N5O2. The quantitative estimate of drug-likeness (QED) is 0.624. The Kier molecular flexibility index (Phi) is 5.54. The van der Waals surface area contributed by atoms with Crippen molar-refractivity contribution in [2.75, 3.05) is 16.0 Å². The second-order valence-corrected chi connectivity index (χ2v) is 5.76. The second-order valence-electron chi connectivity index (χ2n) is 5.76. The van der Waals surface area contributed by atoms with E-state index < -0.39 is 17.5 Å². The van der Waals surface area contributed by atoms with E-state index in [1.165, 1.54) is 25.4 Å². The van der Waals surface area contributed by atoms with Gasteiger partial charge in [0.1, 0.15) is 0 Å². The maximum Gasteiger partial charge on any atom is 0.258 e. The summed E-state index contributed by atoms with van der Waals surface area (Å²) >= 11 is 0. The minimum absolute atomic E-state index is 0.116. The highest BCUT2D eigenvalue weighted by Gasteiger charge is 2.10. The van der Waals surface area contributed by atoms with E-state index in [1.807, 2.05) is 0 Å². The molecule has 9 heteroatoms. The molecule has 3 rings (SSSR count). The molecule has 0 saturated carbocycles. The zero-order valence-corrected chi connectivity index (χ0v) is 14.7. The van der Waals surface area contributed by atoms with Crippen molar-refractivity contribution in [1.82, 2.24) is 9.97 Å². The second kappa shape index (κ2) is 8.21. The molecule has 142 valence electrons. The van der Waals surface area contributed by atoms with Crippen LogP contribution in [0.1, 0.15) is 17.3 Å². The van der Waals surface area contributed by atoms with E-state index in [4.69, 9.17) is 0 Å². The molecule has 3 N–H and O–H groups in total. The number of halogens is 2. The Labute approximate surface area is 158 Å². The zero-order chi connectivity index (χ0) is 20.1. The van der Waals surface area contributed by atoms with E-state index >= 15 is 0 Å². The largest absolute Gasteiger partial charge is 0.326 e. The molecule has 0 fully saturated rings. The van der Waals surface area contributed by atoms with Crippen molar-refractivity contribution in [1.29, 1.82) is 0 Å². The summed E-state index contributed by atoms with van der Waals surface area (Å²) in [6.07, 6.45) is 2.60. The maximum absolute atomic E-state index is 13.2. The van der Waals surface area contributed by atoms with Gasteiger partial charge in [-0.15, -0.1) is 0 Å². The lowest BCUT2D eigenvalue weighted by Gasteiger charge is -2.08. The van der Waals surface area contributed by atoms with E-state index in [2.05, 4.69) is 25.9 Å². The first-order valence-corrected chi connectivity index (χ1v) is 8.14. The molecule has 0 unspecified atom stereocenters. The van der Waals surface area contributed by atoms with E-state index in [0.717, 1.165) is 12.1 Å². The van der Waals surface area contributed by atoms with Gasteiger partial charge in [0.25, 0.3) is 5.91 Å². The lowest BCUT2D eigenvalue weighted by atomic mass is 10.2. The number of carbonyl (C=O) groups excluding carboxylic acids is 2. The summed E-state index contributed by atoms with van der Waals surface area (Å²) in [5.74, 6) is -2.52. The normalized spacial score (nSPS) is 10.2. The Bertz CT molecular complexity index is 1010. The van der Waals surface area contributed by atoms with Crippen molar-refractivity contribution in [2.45, 2.75) is 6.92 Å². The fourth-order valence-corrected chi connectivity index (χ4v) is 2.26. The molecule has 0 spiro atoms. The fourth-order valence-electron chi connectivity index (χ4n) is 2.26. The average molecular weight is 383 g/mol. The van der Waals surface area contributed by atoms with E-state index in [9.17, 15) is 18.4 Å². The van der Waals surface area contributed by atoms with Gasteiger partial charge in [0.2, 0.25) is 11.9 Å². The summed E-state index contributed by atoms with van der Waals surface area (Å²) in [7, 11) is 0. The van der Waals surface area contributed by atoms with E-state index in [0.29, 0.717) is 11.4 Å². The summed E-state index contributed by atoms with van der Waals surface area (Å²) in [6, 6.07) is 9.95. The van der Waals surface area contributed by atoms with Crippen LogP contribution in [0.2, 0.25) is 0 Å². The summed E-state index contributed by atoms with van der Waals surface area (Å²) < 4.78 is 26.1. The molecule has 0 aliphatic rings. The molecule has 2 aromatic carbocycles. The molecule has 2 amide bonds. The summed E-state index contributed by atoms with van der Waals surface area (Å²) in [4.78, 5) is 31.3. The molecule has 0 bridgehead atoms. The van der Waals surface area contributed by atoms with E-state index in [-0.39, 0.29) is 23.1 Å². The minimum Gasteiger partial charge on any atom is -0.326 e. The predicted molar refractivity (Wildman–Crippen MR) is 100 cm³/mol. The molecule has 0 radical (unpaired) electrons. The molecule has 0 saturated heterocycles.